The number of hydrogen-bond acceptors (Lipinski definition) is 5. The van der Waals surface area contributed by atoms with Gasteiger partial charge in [-0.05, 0) is 44.2 Å². The van der Waals surface area contributed by atoms with Crippen molar-refractivity contribution in [1.82, 2.24) is 9.80 Å². The number of benzene rings is 1. The van der Waals surface area contributed by atoms with Gasteiger partial charge in [0.1, 0.15) is 0 Å². The highest BCUT2D eigenvalue weighted by molar-refractivity contribution is 5.79. The first-order chi connectivity index (χ1) is 13.2. The summed E-state index contributed by atoms with van der Waals surface area (Å²) in [6.45, 7) is 9.42. The monoisotopic (exact) mass is 372 g/mol. The van der Waals surface area contributed by atoms with Crippen LogP contribution >= 0.6 is 0 Å². The van der Waals surface area contributed by atoms with Gasteiger partial charge in [-0.15, -0.1) is 0 Å². The number of carbonyl (C=O) groups excluding carboxylic acids is 1. The number of piperazine rings is 2. The summed E-state index contributed by atoms with van der Waals surface area (Å²) in [6.07, 6.45) is 1.76. The van der Waals surface area contributed by atoms with Crippen LogP contribution in [0.25, 0.3) is 0 Å². The minimum Gasteiger partial charge on any atom is -0.381 e. The molecule has 1 aromatic carbocycles. The van der Waals surface area contributed by atoms with Gasteiger partial charge in [-0.3, -0.25) is 4.79 Å². The molecule has 27 heavy (non-hydrogen) atoms. The molecule has 0 saturated carbocycles. The van der Waals surface area contributed by atoms with E-state index in [9.17, 15) is 4.79 Å². The van der Waals surface area contributed by atoms with Crippen LogP contribution in [0.1, 0.15) is 12.8 Å². The zero-order valence-electron chi connectivity index (χ0n) is 16.5. The topological polar surface area (TPSA) is 39.3 Å². The molecular formula is C21H32N4O2. The molecule has 0 aromatic heterocycles. The second kappa shape index (κ2) is 8.48. The zero-order valence-corrected chi connectivity index (χ0v) is 16.5. The van der Waals surface area contributed by atoms with Crippen LogP contribution in [0, 0.1) is 5.92 Å². The van der Waals surface area contributed by atoms with Gasteiger partial charge >= 0.3 is 0 Å². The van der Waals surface area contributed by atoms with Gasteiger partial charge in [-0.25, -0.2) is 0 Å². The van der Waals surface area contributed by atoms with Gasteiger partial charge in [0.05, 0.1) is 0 Å². The summed E-state index contributed by atoms with van der Waals surface area (Å²) in [4.78, 5) is 22.0. The zero-order chi connectivity index (χ0) is 18.6. The first kappa shape index (κ1) is 18.6. The minimum atomic E-state index is 0.174. The fourth-order valence-corrected chi connectivity index (χ4v) is 4.33. The molecule has 0 unspecified atom stereocenters. The molecule has 0 spiro atoms. The summed E-state index contributed by atoms with van der Waals surface area (Å²) in [5.41, 5.74) is 2.59. The van der Waals surface area contributed by atoms with E-state index in [1.165, 1.54) is 11.4 Å². The molecule has 0 radical (unpaired) electrons. The summed E-state index contributed by atoms with van der Waals surface area (Å²) in [5, 5.41) is 0. The van der Waals surface area contributed by atoms with Gasteiger partial charge in [0.15, 0.2) is 0 Å². The van der Waals surface area contributed by atoms with Crippen molar-refractivity contribution in [2.45, 2.75) is 12.8 Å². The Balaban J connectivity index is 1.29. The number of amides is 1. The van der Waals surface area contributed by atoms with Crippen LogP contribution in [-0.4, -0.2) is 88.3 Å². The summed E-state index contributed by atoms with van der Waals surface area (Å²) in [5.74, 6) is 0.511. The van der Waals surface area contributed by atoms with E-state index < -0.39 is 0 Å². The number of ether oxygens (including phenoxy) is 1. The average molecular weight is 373 g/mol. The molecule has 0 bridgehead atoms. The molecule has 1 amide bonds. The van der Waals surface area contributed by atoms with Crippen LogP contribution in [0.15, 0.2) is 24.3 Å². The lowest BCUT2D eigenvalue weighted by molar-refractivity contribution is -0.138. The number of likely N-dealkylation sites (N-methyl/N-ethyl adjacent to an activating group) is 1. The Morgan fingerprint density at radius 3 is 1.81 bits per heavy atom. The van der Waals surface area contributed by atoms with Gasteiger partial charge in [0.2, 0.25) is 5.91 Å². The lowest BCUT2D eigenvalue weighted by Crippen LogP contribution is -2.51. The Bertz CT molecular complexity index is 614. The van der Waals surface area contributed by atoms with Crippen LogP contribution in [0.4, 0.5) is 11.4 Å². The highest BCUT2D eigenvalue weighted by Crippen LogP contribution is 2.24. The van der Waals surface area contributed by atoms with Gasteiger partial charge in [-0.2, -0.15) is 0 Å². The van der Waals surface area contributed by atoms with E-state index in [4.69, 9.17) is 4.74 Å². The molecule has 0 N–H and O–H groups in total. The van der Waals surface area contributed by atoms with Crippen LogP contribution < -0.4 is 9.80 Å². The number of rotatable bonds is 3. The highest BCUT2D eigenvalue weighted by Gasteiger charge is 2.28. The van der Waals surface area contributed by atoms with E-state index in [1.807, 2.05) is 0 Å². The normalized spacial score (nSPS) is 22.9. The standard InChI is InChI=1S/C21H32N4O2/c1-22-8-10-23(11-9-22)19-2-4-20(5-3-19)24-12-14-25(15-13-24)21(26)18-6-16-27-17-7-18/h2-5,18H,6-17H2,1H3. The maximum absolute atomic E-state index is 12.7. The Morgan fingerprint density at radius 2 is 1.30 bits per heavy atom. The van der Waals surface area contributed by atoms with Crippen molar-refractivity contribution in [3.8, 4) is 0 Å². The molecule has 3 aliphatic heterocycles. The minimum absolute atomic E-state index is 0.174. The fraction of sp³-hybridized carbons (Fsp3) is 0.667. The molecule has 0 atom stereocenters. The Kier molecular flexibility index (Phi) is 5.83. The molecule has 1 aromatic rings. The summed E-state index contributed by atoms with van der Waals surface area (Å²) in [6, 6.07) is 8.98. The van der Waals surface area contributed by atoms with Crippen molar-refractivity contribution < 1.29 is 9.53 Å². The Morgan fingerprint density at radius 1 is 0.815 bits per heavy atom. The maximum Gasteiger partial charge on any atom is 0.225 e. The third-order valence-corrected chi connectivity index (χ3v) is 6.25. The summed E-state index contributed by atoms with van der Waals surface area (Å²) < 4.78 is 5.39. The number of carbonyl (C=O) groups is 1. The van der Waals surface area contributed by atoms with Crippen LogP contribution in [0.3, 0.4) is 0 Å². The van der Waals surface area contributed by atoms with E-state index in [0.29, 0.717) is 5.91 Å². The average Bonchev–Trinajstić information content (AvgIpc) is 2.75. The molecule has 3 heterocycles. The number of hydrogen-bond donors (Lipinski definition) is 0. The largest absolute Gasteiger partial charge is 0.381 e. The summed E-state index contributed by atoms with van der Waals surface area (Å²) in [7, 11) is 2.19. The Hall–Kier alpha value is -1.79. The molecule has 148 valence electrons. The molecular weight excluding hydrogens is 340 g/mol. The predicted octanol–water partition coefficient (Wildman–Crippen LogP) is 1.51. The van der Waals surface area contributed by atoms with E-state index in [2.05, 4.69) is 50.9 Å². The highest BCUT2D eigenvalue weighted by atomic mass is 16.5. The van der Waals surface area contributed by atoms with Crippen LogP contribution in [0.5, 0.6) is 0 Å². The lowest BCUT2D eigenvalue weighted by atomic mass is 9.98. The quantitative estimate of drug-likeness (QED) is 0.804. The van der Waals surface area contributed by atoms with Gasteiger partial charge in [-0.1, -0.05) is 0 Å². The molecule has 3 saturated heterocycles. The van der Waals surface area contributed by atoms with E-state index in [1.54, 1.807) is 0 Å². The Labute approximate surface area is 162 Å². The van der Waals surface area contributed by atoms with Crippen LogP contribution in [0.2, 0.25) is 0 Å². The second-order valence-electron chi connectivity index (χ2n) is 8.01. The fourth-order valence-electron chi connectivity index (χ4n) is 4.33. The van der Waals surface area contributed by atoms with Gasteiger partial charge < -0.3 is 24.3 Å². The van der Waals surface area contributed by atoms with E-state index >= 15 is 0 Å². The maximum atomic E-state index is 12.7. The SMILES string of the molecule is CN1CCN(c2ccc(N3CCN(C(=O)C4CCOCC4)CC3)cc2)CC1. The molecule has 0 aliphatic carbocycles. The molecule has 3 fully saturated rings. The molecule has 4 rings (SSSR count). The number of anilines is 2. The molecule has 6 heteroatoms. The molecule has 6 nitrogen and oxygen atoms in total. The molecule has 3 aliphatic rings. The van der Waals surface area contributed by atoms with Crippen molar-refractivity contribution in [1.29, 1.82) is 0 Å². The van der Waals surface area contributed by atoms with Crippen molar-refractivity contribution in [2.24, 2.45) is 5.92 Å². The van der Waals surface area contributed by atoms with Gasteiger partial charge in [0.25, 0.3) is 0 Å². The van der Waals surface area contributed by atoms with Crippen molar-refractivity contribution in [3.63, 3.8) is 0 Å². The van der Waals surface area contributed by atoms with E-state index in [0.717, 1.165) is 78.4 Å². The van der Waals surface area contributed by atoms with Crippen molar-refractivity contribution >= 4 is 17.3 Å². The van der Waals surface area contributed by atoms with Crippen molar-refractivity contribution in [3.05, 3.63) is 24.3 Å². The second-order valence-corrected chi connectivity index (χ2v) is 8.01. The first-order valence-corrected chi connectivity index (χ1v) is 10.4. The summed E-state index contributed by atoms with van der Waals surface area (Å²) >= 11 is 0. The smallest absolute Gasteiger partial charge is 0.225 e. The first-order valence-electron chi connectivity index (χ1n) is 10.4. The van der Waals surface area contributed by atoms with Gasteiger partial charge in [0, 0.05) is 82.9 Å². The third kappa shape index (κ3) is 4.38. The van der Waals surface area contributed by atoms with Crippen molar-refractivity contribution in [2.75, 3.05) is 82.4 Å². The third-order valence-electron chi connectivity index (χ3n) is 6.25. The predicted molar refractivity (Wildman–Crippen MR) is 108 cm³/mol. The van der Waals surface area contributed by atoms with E-state index in [-0.39, 0.29) is 5.92 Å². The van der Waals surface area contributed by atoms with Crippen LogP contribution in [-0.2, 0) is 9.53 Å². The lowest BCUT2D eigenvalue weighted by Gasteiger charge is -2.38. The number of nitrogens with zero attached hydrogens (tertiary/aromatic N) is 4.